The van der Waals surface area contributed by atoms with Gasteiger partial charge in [0.2, 0.25) is 5.89 Å². The maximum Gasteiger partial charge on any atom is 0.303 e. The summed E-state index contributed by atoms with van der Waals surface area (Å²) in [6, 6.07) is 0. The summed E-state index contributed by atoms with van der Waals surface area (Å²) in [7, 11) is -3.16. The van der Waals surface area contributed by atoms with E-state index in [4.69, 9.17) is 9.63 Å². The van der Waals surface area contributed by atoms with E-state index in [0.29, 0.717) is 12.8 Å². The SMILES string of the molecule is O=C(O)CCc1nc(C2CCCS2(=O)=O)no1. The van der Waals surface area contributed by atoms with Crippen LogP contribution in [-0.2, 0) is 21.1 Å². The summed E-state index contributed by atoms with van der Waals surface area (Å²) < 4.78 is 28.1. The van der Waals surface area contributed by atoms with Crippen molar-refractivity contribution in [2.75, 3.05) is 5.75 Å². The van der Waals surface area contributed by atoms with Crippen molar-refractivity contribution in [3.8, 4) is 0 Å². The number of aryl methyl sites for hydroxylation is 1. The number of carboxylic acid groups (broad SMARTS) is 1. The first-order valence-corrected chi connectivity index (χ1v) is 6.96. The van der Waals surface area contributed by atoms with Gasteiger partial charge in [-0.1, -0.05) is 5.16 Å². The van der Waals surface area contributed by atoms with Crippen LogP contribution in [0.3, 0.4) is 0 Å². The third-order valence-electron chi connectivity index (χ3n) is 2.65. The molecule has 1 atom stereocenters. The van der Waals surface area contributed by atoms with Gasteiger partial charge in [-0.25, -0.2) is 8.42 Å². The van der Waals surface area contributed by atoms with Gasteiger partial charge in [0.15, 0.2) is 15.7 Å². The molecule has 1 aromatic heterocycles. The number of hydrogen-bond acceptors (Lipinski definition) is 6. The highest BCUT2D eigenvalue weighted by Crippen LogP contribution is 2.32. The molecule has 2 rings (SSSR count). The predicted octanol–water partition coefficient (Wildman–Crippen LogP) is 0.337. The highest BCUT2D eigenvalue weighted by atomic mass is 32.2. The Bertz CT molecular complexity index is 521. The summed E-state index contributed by atoms with van der Waals surface area (Å²) in [5.74, 6) is -0.484. The average Bonchev–Trinajstić information content (AvgIpc) is 2.80. The summed E-state index contributed by atoms with van der Waals surface area (Å²) in [5.41, 5.74) is 0. The smallest absolute Gasteiger partial charge is 0.303 e. The van der Waals surface area contributed by atoms with Crippen molar-refractivity contribution in [2.45, 2.75) is 30.9 Å². The first-order valence-electron chi connectivity index (χ1n) is 5.25. The second-order valence-corrected chi connectivity index (χ2v) is 6.24. The number of carboxylic acids is 1. The molecule has 8 heteroatoms. The average molecular weight is 260 g/mol. The van der Waals surface area contributed by atoms with E-state index in [-0.39, 0.29) is 30.3 Å². The zero-order valence-electron chi connectivity index (χ0n) is 9.00. The van der Waals surface area contributed by atoms with E-state index >= 15 is 0 Å². The van der Waals surface area contributed by atoms with Crippen LogP contribution in [0.1, 0.15) is 36.2 Å². The van der Waals surface area contributed by atoms with Gasteiger partial charge < -0.3 is 9.63 Å². The Morgan fingerprint density at radius 3 is 2.88 bits per heavy atom. The number of aromatic nitrogens is 2. The summed E-state index contributed by atoms with van der Waals surface area (Å²) in [6.07, 6.45) is 1.11. The van der Waals surface area contributed by atoms with E-state index in [2.05, 4.69) is 10.1 Å². The molecule has 0 radical (unpaired) electrons. The lowest BCUT2D eigenvalue weighted by molar-refractivity contribution is -0.137. The van der Waals surface area contributed by atoms with Gasteiger partial charge in [0.1, 0.15) is 5.25 Å². The summed E-state index contributed by atoms with van der Waals surface area (Å²) in [5, 5.41) is 11.4. The van der Waals surface area contributed by atoms with Gasteiger partial charge in [-0.05, 0) is 12.8 Å². The van der Waals surface area contributed by atoms with Crippen molar-refractivity contribution in [1.82, 2.24) is 10.1 Å². The number of nitrogens with zero attached hydrogens (tertiary/aromatic N) is 2. The van der Waals surface area contributed by atoms with Crippen LogP contribution in [0.25, 0.3) is 0 Å². The quantitative estimate of drug-likeness (QED) is 0.830. The molecule has 0 amide bonds. The first kappa shape index (κ1) is 12.0. The fourth-order valence-corrected chi connectivity index (χ4v) is 3.59. The zero-order chi connectivity index (χ0) is 12.5. The fourth-order valence-electron chi connectivity index (χ4n) is 1.80. The minimum Gasteiger partial charge on any atom is -0.481 e. The van der Waals surface area contributed by atoms with Gasteiger partial charge in [-0.15, -0.1) is 0 Å². The lowest BCUT2D eigenvalue weighted by Crippen LogP contribution is -2.09. The van der Waals surface area contributed by atoms with E-state index in [1.165, 1.54) is 0 Å². The normalized spacial score (nSPS) is 22.7. The summed E-state index contributed by atoms with van der Waals surface area (Å²) in [4.78, 5) is 14.3. The molecular weight excluding hydrogens is 248 g/mol. The number of hydrogen-bond donors (Lipinski definition) is 1. The maximum absolute atomic E-state index is 11.6. The molecule has 0 aromatic carbocycles. The van der Waals surface area contributed by atoms with Crippen molar-refractivity contribution in [1.29, 1.82) is 0 Å². The minimum atomic E-state index is -3.16. The topological polar surface area (TPSA) is 110 Å². The van der Waals surface area contributed by atoms with Crippen LogP contribution in [0.15, 0.2) is 4.52 Å². The molecule has 1 saturated heterocycles. The largest absolute Gasteiger partial charge is 0.481 e. The molecule has 1 aliphatic rings. The molecule has 1 unspecified atom stereocenters. The van der Waals surface area contributed by atoms with E-state index in [1.54, 1.807) is 0 Å². The number of carbonyl (C=O) groups is 1. The van der Waals surface area contributed by atoms with Gasteiger partial charge in [0.05, 0.1) is 12.2 Å². The molecule has 0 spiro atoms. The lowest BCUT2D eigenvalue weighted by Gasteiger charge is -2.01. The molecule has 7 nitrogen and oxygen atoms in total. The van der Waals surface area contributed by atoms with Crippen LogP contribution in [0.2, 0.25) is 0 Å². The van der Waals surface area contributed by atoms with Crippen LogP contribution in [-0.4, -0.2) is 35.4 Å². The van der Waals surface area contributed by atoms with E-state index in [9.17, 15) is 13.2 Å². The Labute approximate surface area is 97.7 Å². The van der Waals surface area contributed by atoms with E-state index in [0.717, 1.165) is 0 Å². The van der Waals surface area contributed by atoms with Gasteiger partial charge in [0, 0.05) is 6.42 Å². The number of sulfone groups is 1. The number of aliphatic carboxylic acids is 1. The molecule has 1 aliphatic heterocycles. The van der Waals surface area contributed by atoms with E-state index in [1.807, 2.05) is 0 Å². The Morgan fingerprint density at radius 1 is 1.53 bits per heavy atom. The highest BCUT2D eigenvalue weighted by Gasteiger charge is 2.36. The zero-order valence-corrected chi connectivity index (χ0v) is 9.81. The Balaban J connectivity index is 2.10. The van der Waals surface area contributed by atoms with Crippen LogP contribution in [0.5, 0.6) is 0 Å². The van der Waals surface area contributed by atoms with Crippen LogP contribution in [0, 0.1) is 0 Å². The minimum absolute atomic E-state index is 0.112. The molecule has 94 valence electrons. The van der Waals surface area contributed by atoms with Gasteiger partial charge in [-0.3, -0.25) is 4.79 Å². The molecule has 1 fully saturated rings. The molecule has 1 aromatic rings. The fraction of sp³-hybridized carbons (Fsp3) is 0.667. The van der Waals surface area contributed by atoms with Crippen LogP contribution in [0.4, 0.5) is 0 Å². The van der Waals surface area contributed by atoms with Gasteiger partial charge >= 0.3 is 5.97 Å². The van der Waals surface area contributed by atoms with Gasteiger partial charge in [0.25, 0.3) is 0 Å². The van der Waals surface area contributed by atoms with Crippen molar-refractivity contribution < 1.29 is 22.8 Å². The Kier molecular flexibility index (Phi) is 3.14. The second kappa shape index (κ2) is 4.44. The predicted molar refractivity (Wildman–Crippen MR) is 56.0 cm³/mol. The van der Waals surface area contributed by atoms with Crippen molar-refractivity contribution in [3.63, 3.8) is 0 Å². The van der Waals surface area contributed by atoms with Gasteiger partial charge in [-0.2, -0.15) is 4.98 Å². The molecule has 2 heterocycles. The molecule has 0 saturated carbocycles. The number of rotatable bonds is 4. The van der Waals surface area contributed by atoms with Crippen molar-refractivity contribution in [2.24, 2.45) is 0 Å². The summed E-state index contributed by atoms with van der Waals surface area (Å²) >= 11 is 0. The van der Waals surface area contributed by atoms with Crippen molar-refractivity contribution >= 4 is 15.8 Å². The van der Waals surface area contributed by atoms with Crippen LogP contribution >= 0.6 is 0 Å². The molecule has 0 aliphatic carbocycles. The highest BCUT2D eigenvalue weighted by molar-refractivity contribution is 7.91. The molecule has 17 heavy (non-hydrogen) atoms. The molecular formula is C9H12N2O5S. The third-order valence-corrected chi connectivity index (χ3v) is 4.82. The van der Waals surface area contributed by atoms with E-state index < -0.39 is 21.1 Å². The third kappa shape index (κ3) is 2.63. The van der Waals surface area contributed by atoms with Crippen molar-refractivity contribution in [3.05, 3.63) is 11.7 Å². The van der Waals surface area contributed by atoms with Crippen LogP contribution < -0.4 is 0 Å². The monoisotopic (exact) mass is 260 g/mol. The maximum atomic E-state index is 11.6. The molecule has 1 N–H and O–H groups in total. The lowest BCUT2D eigenvalue weighted by atomic mass is 10.2. The second-order valence-electron chi connectivity index (χ2n) is 3.94. The Hall–Kier alpha value is -1.44. The molecule has 0 bridgehead atoms. The first-order chi connectivity index (χ1) is 7.99. The summed E-state index contributed by atoms with van der Waals surface area (Å²) in [6.45, 7) is 0. The standard InChI is InChI=1S/C9H12N2O5S/c12-8(13)4-3-7-10-9(11-16-7)6-2-1-5-17(6,14)15/h6H,1-5H2,(H,12,13). The Morgan fingerprint density at radius 2 is 2.29 bits per heavy atom.